The largest absolute Gasteiger partial charge is 0.496 e. The number of ether oxygens (including phenoxy) is 1. The zero-order chi connectivity index (χ0) is 30.0. The summed E-state index contributed by atoms with van der Waals surface area (Å²) in [6.07, 6.45) is 3.52. The monoisotopic (exact) mass is 623 g/mol. The Labute approximate surface area is 261 Å². The summed E-state index contributed by atoms with van der Waals surface area (Å²) in [6.45, 7) is 1.93. The molecule has 4 aromatic rings. The Kier molecular flexibility index (Phi) is 9.43. The molecule has 1 fully saturated rings. The fourth-order valence-electron chi connectivity index (χ4n) is 5.70. The van der Waals surface area contributed by atoms with Crippen LogP contribution >= 0.6 is 34.7 Å². The third-order valence-electron chi connectivity index (χ3n) is 8.28. The maximum atomic E-state index is 14.3. The molecule has 0 radical (unpaired) electrons. The maximum Gasteiger partial charge on any atom is 0.266 e. The number of hydrogen-bond acceptors (Lipinski definition) is 5. The normalized spacial score (nSPS) is 16.9. The SMILES string of the molecule is COc1ccc(-c2ccc(N(C)C(C)=O)cc2)cc1CN(C(=O)c1sc2ccccc2c1Cl)[C@H]1CC[C@H](N(C)Cl)CC1. The number of fused-ring (bicyclic) bond motifs is 1. The highest BCUT2D eigenvalue weighted by Crippen LogP contribution is 2.39. The van der Waals surface area contributed by atoms with Gasteiger partial charge in [-0.25, -0.2) is 4.42 Å². The summed E-state index contributed by atoms with van der Waals surface area (Å²) in [7, 11) is 5.31. The van der Waals surface area contributed by atoms with Crippen LogP contribution in [0.5, 0.6) is 5.75 Å². The second-order valence-electron chi connectivity index (χ2n) is 10.8. The van der Waals surface area contributed by atoms with Gasteiger partial charge in [-0.2, -0.15) is 0 Å². The maximum absolute atomic E-state index is 14.3. The third-order valence-corrected chi connectivity index (χ3v) is 10.2. The molecule has 0 spiro atoms. The number of halogens is 2. The fraction of sp³-hybridized carbons (Fsp3) is 0.333. The van der Waals surface area contributed by atoms with E-state index < -0.39 is 0 Å². The standard InChI is InChI=1S/C33H35Cl2N3O3S/c1-21(39)36(2)25-12-9-22(10-13-25)23-11-18-29(41-4)24(19-23)20-38(27-16-14-26(15-17-27)37(3)35)33(40)32-31(34)28-7-5-6-8-30(28)42-32/h5-13,18-19,26-27H,14-17,20H2,1-4H3/t26-,27-. The highest BCUT2D eigenvalue weighted by Gasteiger charge is 2.33. The smallest absolute Gasteiger partial charge is 0.266 e. The Morgan fingerprint density at radius 2 is 1.57 bits per heavy atom. The van der Waals surface area contributed by atoms with E-state index in [1.807, 2.05) is 72.6 Å². The number of amides is 2. The van der Waals surface area contributed by atoms with Crippen LogP contribution < -0.4 is 9.64 Å². The number of carbonyl (C=O) groups is 2. The average molecular weight is 625 g/mol. The first-order valence-electron chi connectivity index (χ1n) is 14.1. The van der Waals surface area contributed by atoms with Crippen LogP contribution in [0.3, 0.4) is 0 Å². The van der Waals surface area contributed by atoms with Crippen LogP contribution in [0, 0.1) is 0 Å². The predicted molar refractivity (Wildman–Crippen MR) is 174 cm³/mol. The van der Waals surface area contributed by atoms with E-state index in [1.165, 1.54) is 11.3 Å². The van der Waals surface area contributed by atoms with Crippen LogP contribution in [0.25, 0.3) is 21.2 Å². The number of carbonyl (C=O) groups excluding carboxylic acids is 2. The fourth-order valence-corrected chi connectivity index (χ4v) is 7.36. The van der Waals surface area contributed by atoms with E-state index in [2.05, 4.69) is 6.07 Å². The first-order valence-corrected chi connectivity index (χ1v) is 15.6. The molecule has 5 rings (SSSR count). The zero-order valence-electron chi connectivity index (χ0n) is 24.3. The van der Waals surface area contributed by atoms with Gasteiger partial charge in [-0.15, -0.1) is 11.3 Å². The molecule has 1 saturated carbocycles. The molecule has 0 saturated heterocycles. The molecule has 0 bridgehead atoms. The lowest BCUT2D eigenvalue weighted by atomic mass is 9.89. The van der Waals surface area contributed by atoms with Crippen LogP contribution in [0.2, 0.25) is 5.02 Å². The third kappa shape index (κ3) is 6.30. The molecule has 6 nitrogen and oxygen atoms in total. The number of thiophene rings is 1. The van der Waals surface area contributed by atoms with Gasteiger partial charge in [0.2, 0.25) is 5.91 Å². The molecule has 1 aliphatic carbocycles. The molecule has 0 atom stereocenters. The summed E-state index contributed by atoms with van der Waals surface area (Å²) >= 11 is 14.6. The second-order valence-corrected chi connectivity index (χ2v) is 12.8. The Bertz CT molecular complexity index is 1580. The van der Waals surface area contributed by atoms with Gasteiger partial charge < -0.3 is 14.5 Å². The Morgan fingerprint density at radius 1 is 0.929 bits per heavy atom. The van der Waals surface area contributed by atoms with Crippen molar-refractivity contribution in [2.24, 2.45) is 0 Å². The molecule has 0 unspecified atom stereocenters. The summed E-state index contributed by atoms with van der Waals surface area (Å²) in [5.41, 5.74) is 3.76. The molecule has 220 valence electrons. The van der Waals surface area contributed by atoms with Crippen LogP contribution in [-0.2, 0) is 11.3 Å². The van der Waals surface area contributed by atoms with E-state index in [4.69, 9.17) is 28.1 Å². The molecular weight excluding hydrogens is 589 g/mol. The van der Waals surface area contributed by atoms with Crippen molar-refractivity contribution in [2.45, 2.75) is 51.2 Å². The van der Waals surface area contributed by atoms with Gasteiger partial charge in [0.25, 0.3) is 5.91 Å². The first kappa shape index (κ1) is 30.4. The van der Waals surface area contributed by atoms with Crippen molar-refractivity contribution in [1.29, 1.82) is 0 Å². The lowest BCUT2D eigenvalue weighted by Crippen LogP contribution is -2.44. The zero-order valence-corrected chi connectivity index (χ0v) is 26.6. The van der Waals surface area contributed by atoms with Gasteiger partial charge in [0.15, 0.2) is 0 Å². The molecule has 0 aliphatic heterocycles. The Morgan fingerprint density at radius 3 is 2.19 bits per heavy atom. The predicted octanol–water partition coefficient (Wildman–Crippen LogP) is 8.25. The Balaban J connectivity index is 1.49. The second kappa shape index (κ2) is 13.0. The highest BCUT2D eigenvalue weighted by atomic mass is 35.5. The van der Waals surface area contributed by atoms with Gasteiger partial charge >= 0.3 is 0 Å². The average Bonchev–Trinajstić information content (AvgIpc) is 3.35. The van der Waals surface area contributed by atoms with Crippen molar-refractivity contribution in [2.75, 3.05) is 26.1 Å². The van der Waals surface area contributed by atoms with Crippen molar-refractivity contribution in [3.8, 4) is 16.9 Å². The van der Waals surface area contributed by atoms with E-state index in [1.54, 1.807) is 30.4 Å². The summed E-state index contributed by atoms with van der Waals surface area (Å²) in [5.74, 6) is 0.638. The van der Waals surface area contributed by atoms with E-state index in [9.17, 15) is 9.59 Å². The lowest BCUT2D eigenvalue weighted by molar-refractivity contribution is -0.116. The first-order chi connectivity index (χ1) is 20.2. The minimum atomic E-state index is -0.0621. The molecule has 1 aromatic heterocycles. The van der Waals surface area contributed by atoms with Crippen molar-refractivity contribution in [3.05, 3.63) is 82.2 Å². The number of nitrogens with zero attached hydrogens (tertiary/aromatic N) is 3. The van der Waals surface area contributed by atoms with Crippen molar-refractivity contribution in [3.63, 3.8) is 0 Å². The van der Waals surface area contributed by atoms with Gasteiger partial charge in [0.1, 0.15) is 10.6 Å². The van der Waals surface area contributed by atoms with Gasteiger partial charge in [-0.1, -0.05) is 48.0 Å². The van der Waals surface area contributed by atoms with Gasteiger partial charge in [-0.05, 0) is 78.9 Å². The van der Waals surface area contributed by atoms with Crippen molar-refractivity contribution >= 4 is 62.3 Å². The summed E-state index contributed by atoms with van der Waals surface area (Å²) in [6, 6.07) is 22.1. The highest BCUT2D eigenvalue weighted by molar-refractivity contribution is 7.21. The summed E-state index contributed by atoms with van der Waals surface area (Å²) < 4.78 is 8.54. The molecule has 9 heteroatoms. The van der Waals surface area contributed by atoms with Crippen molar-refractivity contribution in [1.82, 2.24) is 9.32 Å². The Hall–Kier alpha value is -3.10. The number of anilines is 1. The topological polar surface area (TPSA) is 53.1 Å². The molecule has 0 N–H and O–H groups in total. The minimum Gasteiger partial charge on any atom is -0.496 e. The van der Waals surface area contributed by atoms with Crippen LogP contribution in [0.15, 0.2) is 66.7 Å². The quantitative estimate of drug-likeness (QED) is 0.185. The van der Waals surface area contributed by atoms with Crippen LogP contribution in [-0.4, -0.2) is 54.4 Å². The van der Waals surface area contributed by atoms with E-state index in [-0.39, 0.29) is 23.9 Å². The van der Waals surface area contributed by atoms with E-state index in [0.717, 1.165) is 63.9 Å². The molecule has 3 aromatic carbocycles. The molecule has 1 heterocycles. The van der Waals surface area contributed by atoms with E-state index >= 15 is 0 Å². The number of hydrogen-bond donors (Lipinski definition) is 0. The molecular formula is C33H35Cl2N3O3S. The summed E-state index contributed by atoms with van der Waals surface area (Å²) in [5, 5.41) is 1.41. The molecule has 42 heavy (non-hydrogen) atoms. The summed E-state index contributed by atoms with van der Waals surface area (Å²) in [4.78, 5) is 30.3. The van der Waals surface area contributed by atoms with Gasteiger partial charge in [0.05, 0.1) is 12.1 Å². The van der Waals surface area contributed by atoms with Crippen molar-refractivity contribution < 1.29 is 14.3 Å². The lowest BCUT2D eigenvalue weighted by Gasteiger charge is -2.38. The minimum absolute atomic E-state index is 0.0234. The molecule has 1 aliphatic rings. The van der Waals surface area contributed by atoms with E-state index in [0.29, 0.717) is 16.4 Å². The number of rotatable bonds is 8. The van der Waals surface area contributed by atoms with Crippen LogP contribution in [0.1, 0.15) is 47.8 Å². The van der Waals surface area contributed by atoms with Gasteiger partial charge in [-0.3, -0.25) is 9.59 Å². The number of methoxy groups -OCH3 is 1. The van der Waals surface area contributed by atoms with Gasteiger partial charge in [0, 0.05) is 61.0 Å². The number of benzene rings is 3. The molecule has 2 amide bonds. The van der Waals surface area contributed by atoms with Crippen LogP contribution in [0.4, 0.5) is 5.69 Å².